The van der Waals surface area contributed by atoms with E-state index in [1.54, 1.807) is 0 Å². The normalized spacial score (nSPS) is 16.1. The third kappa shape index (κ3) is 4.48. The van der Waals surface area contributed by atoms with Crippen LogP contribution in [0.5, 0.6) is 0 Å². The van der Waals surface area contributed by atoms with Crippen molar-refractivity contribution in [3.63, 3.8) is 0 Å². The number of nitrogens with two attached hydrogens (primary N) is 1. The number of fused-ring (bicyclic) bond motifs is 2. The van der Waals surface area contributed by atoms with Gasteiger partial charge in [0.1, 0.15) is 0 Å². The zero-order valence-electron chi connectivity index (χ0n) is 16.0. The lowest BCUT2D eigenvalue weighted by molar-refractivity contribution is 0.0745. The summed E-state index contributed by atoms with van der Waals surface area (Å²) in [5.74, 6) is 0.509. The Kier molecular flexibility index (Phi) is 6.93. The maximum Gasteiger partial charge on any atom is 0.254 e. The Morgan fingerprint density at radius 2 is 1.82 bits per heavy atom. The molecular weight excluding hydrogens is 463 g/mol. The number of nitrogens with zero attached hydrogens (tertiary/aromatic N) is 2. The quantitative estimate of drug-likeness (QED) is 0.391. The highest BCUT2D eigenvalue weighted by molar-refractivity contribution is 14.0. The Labute approximate surface area is 183 Å². The molecule has 2 aromatic rings. The number of rotatable bonds is 4. The molecule has 0 atom stereocenters. The van der Waals surface area contributed by atoms with Crippen molar-refractivity contribution < 1.29 is 4.79 Å². The van der Waals surface area contributed by atoms with Crippen LogP contribution in [0.3, 0.4) is 0 Å². The van der Waals surface area contributed by atoms with Gasteiger partial charge in [0.05, 0.1) is 6.54 Å². The topological polar surface area (TPSA) is 70.7 Å². The van der Waals surface area contributed by atoms with Gasteiger partial charge in [0.2, 0.25) is 0 Å². The molecule has 4 rings (SSSR count). The van der Waals surface area contributed by atoms with Crippen LogP contribution in [-0.4, -0.2) is 36.4 Å². The Balaban J connectivity index is 0.00000225. The van der Waals surface area contributed by atoms with Crippen LogP contribution in [-0.2, 0) is 19.3 Å². The number of aryl methyl sites for hydroxylation is 1. The number of benzene rings is 2. The number of hydrogen-bond donors (Lipinski definition) is 2. The van der Waals surface area contributed by atoms with Crippen LogP contribution in [0.2, 0.25) is 0 Å². The van der Waals surface area contributed by atoms with Crippen LogP contribution < -0.4 is 11.1 Å². The van der Waals surface area contributed by atoms with Crippen molar-refractivity contribution in [2.45, 2.75) is 32.1 Å². The zero-order chi connectivity index (χ0) is 18.6. The first kappa shape index (κ1) is 20.6. The molecule has 2 aromatic carbocycles. The van der Waals surface area contributed by atoms with Crippen LogP contribution >= 0.6 is 24.0 Å². The minimum absolute atomic E-state index is 0. The minimum Gasteiger partial charge on any atom is -0.370 e. The monoisotopic (exact) mass is 490 g/mol. The predicted octanol–water partition coefficient (Wildman–Crippen LogP) is 3.61. The number of aliphatic imine (C=N–C) groups is 1. The SMILES string of the molecule is I.NC(=NCCN1CCc2ccccc2C1=O)Nc1cccc2c1CCCC2. The average Bonchev–Trinajstić information content (AvgIpc) is 2.70. The molecule has 6 heteroatoms. The molecule has 148 valence electrons. The van der Waals surface area contributed by atoms with Gasteiger partial charge >= 0.3 is 0 Å². The number of halogens is 1. The summed E-state index contributed by atoms with van der Waals surface area (Å²) in [5, 5.41) is 3.26. The van der Waals surface area contributed by atoms with Gasteiger partial charge in [-0.3, -0.25) is 9.79 Å². The second-order valence-corrected chi connectivity index (χ2v) is 7.24. The van der Waals surface area contributed by atoms with Crippen LogP contribution in [0.15, 0.2) is 47.5 Å². The van der Waals surface area contributed by atoms with Gasteiger partial charge in [0.15, 0.2) is 5.96 Å². The number of amides is 1. The number of nitrogens with one attached hydrogen (secondary N) is 1. The van der Waals surface area contributed by atoms with Gasteiger partial charge in [-0.1, -0.05) is 30.3 Å². The van der Waals surface area contributed by atoms with Crippen molar-refractivity contribution in [3.05, 3.63) is 64.7 Å². The molecule has 0 radical (unpaired) electrons. The third-order valence-electron chi connectivity index (χ3n) is 5.50. The highest BCUT2D eigenvalue weighted by Crippen LogP contribution is 2.27. The summed E-state index contributed by atoms with van der Waals surface area (Å²) in [4.78, 5) is 18.9. The van der Waals surface area contributed by atoms with E-state index in [0.717, 1.165) is 42.6 Å². The largest absolute Gasteiger partial charge is 0.370 e. The molecular formula is C22H27IN4O. The fraction of sp³-hybridized carbons (Fsp3) is 0.364. The van der Waals surface area contributed by atoms with E-state index in [-0.39, 0.29) is 29.9 Å². The van der Waals surface area contributed by atoms with E-state index in [1.807, 2.05) is 29.2 Å². The van der Waals surface area contributed by atoms with Crippen molar-refractivity contribution in [1.29, 1.82) is 0 Å². The summed E-state index contributed by atoms with van der Waals surface area (Å²) < 4.78 is 0. The second kappa shape index (κ2) is 9.41. The summed E-state index contributed by atoms with van der Waals surface area (Å²) in [7, 11) is 0. The van der Waals surface area contributed by atoms with Crippen LogP contribution in [0.4, 0.5) is 5.69 Å². The van der Waals surface area contributed by atoms with Crippen molar-refractivity contribution in [2.24, 2.45) is 10.7 Å². The Bertz CT molecular complexity index is 881. The van der Waals surface area contributed by atoms with E-state index >= 15 is 0 Å². The molecule has 5 nitrogen and oxygen atoms in total. The number of carbonyl (C=O) groups excluding carboxylic acids is 1. The summed E-state index contributed by atoms with van der Waals surface area (Å²) >= 11 is 0. The Morgan fingerprint density at radius 1 is 1.04 bits per heavy atom. The molecule has 0 saturated heterocycles. The molecule has 3 N–H and O–H groups in total. The maximum absolute atomic E-state index is 12.6. The fourth-order valence-electron chi connectivity index (χ4n) is 4.05. The molecule has 1 aliphatic heterocycles. The van der Waals surface area contributed by atoms with Crippen molar-refractivity contribution in [1.82, 2.24) is 4.90 Å². The summed E-state index contributed by atoms with van der Waals surface area (Å²) in [6.07, 6.45) is 5.61. The first-order valence-corrected chi connectivity index (χ1v) is 9.77. The first-order chi connectivity index (χ1) is 13.2. The highest BCUT2D eigenvalue weighted by atomic mass is 127. The molecule has 2 aliphatic rings. The van der Waals surface area contributed by atoms with Gasteiger partial charge in [-0.25, -0.2) is 0 Å². The lowest BCUT2D eigenvalue weighted by Gasteiger charge is -2.28. The molecule has 0 unspecified atom stereocenters. The van der Waals surface area contributed by atoms with E-state index in [2.05, 4.69) is 28.5 Å². The van der Waals surface area contributed by atoms with Gasteiger partial charge < -0.3 is 16.0 Å². The van der Waals surface area contributed by atoms with E-state index in [9.17, 15) is 4.79 Å². The molecule has 1 aliphatic carbocycles. The second-order valence-electron chi connectivity index (χ2n) is 7.24. The Hall–Kier alpha value is -2.09. The molecule has 0 spiro atoms. The molecule has 28 heavy (non-hydrogen) atoms. The highest BCUT2D eigenvalue weighted by Gasteiger charge is 2.23. The lowest BCUT2D eigenvalue weighted by Crippen LogP contribution is -2.39. The smallest absolute Gasteiger partial charge is 0.254 e. The zero-order valence-corrected chi connectivity index (χ0v) is 18.3. The number of carbonyl (C=O) groups is 1. The fourth-order valence-corrected chi connectivity index (χ4v) is 4.05. The maximum atomic E-state index is 12.6. The molecule has 0 bridgehead atoms. The first-order valence-electron chi connectivity index (χ1n) is 9.77. The van der Waals surface area contributed by atoms with Crippen molar-refractivity contribution in [2.75, 3.05) is 25.0 Å². The van der Waals surface area contributed by atoms with Crippen LogP contribution in [0.1, 0.15) is 39.9 Å². The summed E-state index contributed by atoms with van der Waals surface area (Å²) in [5.41, 5.74) is 11.9. The van der Waals surface area contributed by atoms with Crippen LogP contribution in [0, 0.1) is 0 Å². The van der Waals surface area contributed by atoms with E-state index in [4.69, 9.17) is 5.73 Å². The standard InChI is InChI=1S/C22H26N4O.HI/c23-22(25-20-11-5-8-16-6-1-3-9-18(16)20)24-13-15-26-14-12-17-7-2-4-10-19(17)21(26)27;/h2,4-5,7-8,10-11H,1,3,6,9,12-15H2,(H3,23,24,25);1H. The number of hydrogen-bond acceptors (Lipinski definition) is 2. The third-order valence-corrected chi connectivity index (χ3v) is 5.50. The van der Waals surface area contributed by atoms with E-state index in [1.165, 1.54) is 24.0 Å². The Morgan fingerprint density at radius 3 is 2.71 bits per heavy atom. The molecule has 1 amide bonds. The molecule has 0 saturated carbocycles. The van der Waals surface area contributed by atoms with E-state index < -0.39 is 0 Å². The van der Waals surface area contributed by atoms with Crippen molar-refractivity contribution in [3.8, 4) is 0 Å². The number of anilines is 1. The summed E-state index contributed by atoms with van der Waals surface area (Å²) in [6, 6.07) is 14.2. The lowest BCUT2D eigenvalue weighted by atomic mass is 9.90. The average molecular weight is 490 g/mol. The minimum atomic E-state index is 0. The van der Waals surface area contributed by atoms with Gasteiger partial charge in [-0.2, -0.15) is 0 Å². The molecule has 0 aromatic heterocycles. The van der Waals surface area contributed by atoms with Gasteiger partial charge in [0.25, 0.3) is 5.91 Å². The van der Waals surface area contributed by atoms with E-state index in [0.29, 0.717) is 19.0 Å². The van der Waals surface area contributed by atoms with Crippen LogP contribution in [0.25, 0.3) is 0 Å². The van der Waals surface area contributed by atoms with Gasteiger partial charge in [-0.05, 0) is 60.9 Å². The molecule has 1 heterocycles. The van der Waals surface area contributed by atoms with Crippen molar-refractivity contribution >= 4 is 41.5 Å². The predicted molar refractivity (Wildman–Crippen MR) is 125 cm³/mol. The number of guanidine groups is 1. The van der Waals surface area contributed by atoms with Gasteiger partial charge in [-0.15, -0.1) is 24.0 Å². The summed E-state index contributed by atoms with van der Waals surface area (Å²) in [6.45, 7) is 1.83. The molecule has 0 fully saturated rings. The van der Waals surface area contributed by atoms with Gasteiger partial charge in [0, 0.05) is 24.3 Å².